The second-order valence-electron chi connectivity index (χ2n) is 4.19. The molecular weight excluding hydrogens is 284 g/mol. The Morgan fingerprint density at radius 3 is 2.94 bits per heavy atom. The zero-order valence-corrected chi connectivity index (χ0v) is 11.5. The summed E-state index contributed by atoms with van der Waals surface area (Å²) in [4.78, 5) is 12.1. The van der Waals surface area contributed by atoms with Crippen LogP contribution in [0.3, 0.4) is 0 Å². The van der Waals surface area contributed by atoms with Crippen LogP contribution in [0.5, 0.6) is 0 Å². The monoisotopic (exact) mass is 300 g/mol. The van der Waals surface area contributed by atoms with E-state index in [-0.39, 0.29) is 11.9 Å². The number of aromatic nitrogens is 1. The largest absolute Gasteiger partial charge is 0.381 e. The van der Waals surface area contributed by atoms with Gasteiger partial charge in [-0.2, -0.15) is 0 Å². The number of aryl methyl sites for hydroxylation is 1. The number of rotatable bonds is 3. The van der Waals surface area contributed by atoms with Crippen molar-refractivity contribution in [2.24, 2.45) is 0 Å². The highest BCUT2D eigenvalue weighted by molar-refractivity contribution is 9.10. The molecule has 0 bridgehead atoms. The van der Waals surface area contributed by atoms with Gasteiger partial charge in [0.15, 0.2) is 0 Å². The van der Waals surface area contributed by atoms with Crippen molar-refractivity contribution in [3.63, 3.8) is 0 Å². The average molecular weight is 301 g/mol. The minimum Gasteiger partial charge on any atom is -0.381 e. The summed E-state index contributed by atoms with van der Waals surface area (Å²) >= 11 is 3.40. The van der Waals surface area contributed by atoms with Crippen molar-refractivity contribution in [1.82, 2.24) is 9.88 Å². The third-order valence-corrected chi connectivity index (χ3v) is 3.43. The van der Waals surface area contributed by atoms with E-state index in [9.17, 15) is 4.79 Å². The number of carbonyl (C=O) groups is 1. The molecule has 2 heterocycles. The number of nitrogens with one attached hydrogen (secondary N) is 1. The molecule has 0 saturated carbocycles. The smallest absolute Gasteiger partial charge is 0.268 e. The average Bonchev–Trinajstić information content (AvgIpc) is 2.72. The van der Waals surface area contributed by atoms with Crippen molar-refractivity contribution in [3.8, 4) is 0 Å². The predicted octanol–water partition coefficient (Wildman–Crippen LogP) is 2.18. The second-order valence-corrected chi connectivity index (χ2v) is 5.11. The van der Waals surface area contributed by atoms with E-state index in [0.717, 1.165) is 37.1 Å². The van der Waals surface area contributed by atoms with E-state index >= 15 is 0 Å². The van der Waals surface area contributed by atoms with Crippen molar-refractivity contribution < 1.29 is 9.53 Å². The molecule has 0 aromatic carbocycles. The van der Waals surface area contributed by atoms with Crippen LogP contribution < -0.4 is 5.32 Å². The molecule has 4 nitrogen and oxygen atoms in total. The number of carbonyl (C=O) groups excluding carboxylic acids is 1. The molecule has 5 heteroatoms. The van der Waals surface area contributed by atoms with Crippen LogP contribution >= 0.6 is 15.9 Å². The van der Waals surface area contributed by atoms with Crippen LogP contribution in [-0.4, -0.2) is 29.7 Å². The number of amides is 1. The Hall–Kier alpha value is -0.810. The maximum atomic E-state index is 12.1. The van der Waals surface area contributed by atoms with Gasteiger partial charge in [-0.05, 0) is 41.8 Å². The van der Waals surface area contributed by atoms with Gasteiger partial charge in [-0.15, -0.1) is 0 Å². The molecule has 0 radical (unpaired) electrons. The first-order valence-corrected chi connectivity index (χ1v) is 6.74. The highest BCUT2D eigenvalue weighted by atomic mass is 79.9. The first-order valence-electron chi connectivity index (χ1n) is 5.95. The fraction of sp³-hybridized carbons (Fsp3) is 0.583. The van der Waals surface area contributed by atoms with Crippen molar-refractivity contribution in [1.29, 1.82) is 0 Å². The molecule has 1 saturated heterocycles. The summed E-state index contributed by atoms with van der Waals surface area (Å²) < 4.78 is 8.16. The molecule has 1 aromatic heterocycles. The maximum absolute atomic E-state index is 12.1. The van der Waals surface area contributed by atoms with Crippen LogP contribution in [0, 0.1) is 0 Å². The van der Waals surface area contributed by atoms with E-state index in [1.807, 2.05) is 23.8 Å². The van der Waals surface area contributed by atoms with Crippen LogP contribution in [0.15, 0.2) is 16.7 Å². The van der Waals surface area contributed by atoms with Crippen LogP contribution in [0.4, 0.5) is 0 Å². The van der Waals surface area contributed by atoms with Crippen LogP contribution in [0.25, 0.3) is 0 Å². The second kappa shape index (κ2) is 5.69. The summed E-state index contributed by atoms with van der Waals surface area (Å²) in [7, 11) is 0. The molecule has 1 aliphatic heterocycles. The van der Waals surface area contributed by atoms with Gasteiger partial charge in [-0.3, -0.25) is 4.79 Å². The number of hydrogen-bond donors (Lipinski definition) is 1. The van der Waals surface area contributed by atoms with Crippen LogP contribution in [0.1, 0.15) is 30.3 Å². The normalized spacial score (nSPS) is 17.1. The van der Waals surface area contributed by atoms with Crippen LogP contribution in [0.2, 0.25) is 0 Å². The fourth-order valence-corrected chi connectivity index (χ4v) is 2.49. The molecule has 17 heavy (non-hydrogen) atoms. The van der Waals surface area contributed by atoms with Gasteiger partial charge in [0, 0.05) is 36.5 Å². The Morgan fingerprint density at radius 2 is 2.29 bits per heavy atom. The molecular formula is C12H17BrN2O2. The number of ether oxygens (including phenoxy) is 1. The van der Waals surface area contributed by atoms with Crippen molar-refractivity contribution in [3.05, 3.63) is 22.4 Å². The van der Waals surface area contributed by atoms with E-state index < -0.39 is 0 Å². The minimum atomic E-state index is 0.00412. The Labute approximate surface area is 109 Å². The number of halogens is 1. The molecule has 2 rings (SSSR count). The highest BCUT2D eigenvalue weighted by Crippen LogP contribution is 2.16. The number of nitrogens with zero attached hydrogens (tertiary/aromatic N) is 1. The zero-order valence-electron chi connectivity index (χ0n) is 9.91. The first-order chi connectivity index (χ1) is 8.20. The third kappa shape index (κ3) is 3.10. The molecule has 0 spiro atoms. The fourth-order valence-electron chi connectivity index (χ4n) is 2.03. The topological polar surface area (TPSA) is 43.3 Å². The summed E-state index contributed by atoms with van der Waals surface area (Å²) in [5.41, 5.74) is 0.714. The molecule has 1 fully saturated rings. The van der Waals surface area contributed by atoms with E-state index in [4.69, 9.17) is 4.74 Å². The Kier molecular flexibility index (Phi) is 4.23. The molecule has 94 valence electrons. The molecule has 1 aromatic rings. The molecule has 1 N–H and O–H groups in total. The summed E-state index contributed by atoms with van der Waals surface area (Å²) in [6.45, 7) is 4.30. The SMILES string of the molecule is CCn1cc(Br)cc1C(=O)NC1CCOCC1. The van der Waals surface area contributed by atoms with Gasteiger partial charge >= 0.3 is 0 Å². The summed E-state index contributed by atoms with van der Waals surface area (Å²) in [6, 6.07) is 2.10. The Bertz CT molecular complexity index is 397. The summed E-state index contributed by atoms with van der Waals surface area (Å²) in [5.74, 6) is 0.00412. The molecule has 0 aliphatic carbocycles. The van der Waals surface area contributed by atoms with E-state index in [1.165, 1.54) is 0 Å². The van der Waals surface area contributed by atoms with Gasteiger partial charge in [0.05, 0.1) is 0 Å². The van der Waals surface area contributed by atoms with Crippen molar-refractivity contribution in [2.75, 3.05) is 13.2 Å². The standard InChI is InChI=1S/C12H17BrN2O2/c1-2-15-8-9(13)7-11(15)12(16)14-10-3-5-17-6-4-10/h7-8,10H,2-6H2,1H3,(H,14,16). The lowest BCUT2D eigenvalue weighted by atomic mass is 10.1. The Balaban J connectivity index is 2.02. The molecule has 0 atom stereocenters. The highest BCUT2D eigenvalue weighted by Gasteiger charge is 2.19. The van der Waals surface area contributed by atoms with E-state index in [1.54, 1.807) is 0 Å². The summed E-state index contributed by atoms with van der Waals surface area (Å²) in [6.07, 6.45) is 3.73. The van der Waals surface area contributed by atoms with Gasteiger partial charge in [-0.1, -0.05) is 0 Å². The van der Waals surface area contributed by atoms with E-state index in [0.29, 0.717) is 5.69 Å². The third-order valence-electron chi connectivity index (χ3n) is 2.99. The maximum Gasteiger partial charge on any atom is 0.268 e. The van der Waals surface area contributed by atoms with Crippen LogP contribution in [-0.2, 0) is 11.3 Å². The molecule has 1 aliphatic rings. The lowest BCUT2D eigenvalue weighted by Gasteiger charge is -2.23. The van der Waals surface area contributed by atoms with Gasteiger partial charge in [0.25, 0.3) is 5.91 Å². The van der Waals surface area contributed by atoms with Gasteiger partial charge < -0.3 is 14.6 Å². The molecule has 1 amide bonds. The number of hydrogen-bond acceptors (Lipinski definition) is 2. The zero-order chi connectivity index (χ0) is 12.3. The lowest BCUT2D eigenvalue weighted by molar-refractivity contribution is 0.0692. The van der Waals surface area contributed by atoms with E-state index in [2.05, 4.69) is 21.2 Å². The van der Waals surface area contributed by atoms with Crippen molar-refractivity contribution in [2.45, 2.75) is 32.4 Å². The van der Waals surface area contributed by atoms with Crippen molar-refractivity contribution >= 4 is 21.8 Å². The van der Waals surface area contributed by atoms with Gasteiger partial charge in [-0.25, -0.2) is 0 Å². The van der Waals surface area contributed by atoms with Gasteiger partial charge in [0.2, 0.25) is 0 Å². The Morgan fingerprint density at radius 1 is 1.59 bits per heavy atom. The lowest BCUT2D eigenvalue weighted by Crippen LogP contribution is -2.39. The molecule has 0 unspecified atom stereocenters. The quantitative estimate of drug-likeness (QED) is 0.930. The summed E-state index contributed by atoms with van der Waals surface area (Å²) in [5, 5.41) is 3.06. The predicted molar refractivity (Wildman–Crippen MR) is 69.1 cm³/mol. The van der Waals surface area contributed by atoms with Gasteiger partial charge in [0.1, 0.15) is 5.69 Å². The minimum absolute atomic E-state index is 0.00412. The first kappa shape index (κ1) is 12.6.